The van der Waals surface area contributed by atoms with Gasteiger partial charge in [-0.1, -0.05) is 54.6 Å². The number of rotatable bonds is 2. The molecular weight excluding hydrogens is 342 g/mol. The van der Waals surface area contributed by atoms with Crippen molar-refractivity contribution in [2.75, 3.05) is 5.73 Å². The lowest BCUT2D eigenvalue weighted by molar-refractivity contribution is 0.0654. The number of nitrogens with two attached hydrogens (primary N) is 1. The minimum absolute atomic E-state index is 0.0212. The summed E-state index contributed by atoms with van der Waals surface area (Å²) in [4.78, 5) is 24.1. The molecule has 0 heterocycles. The van der Waals surface area contributed by atoms with E-state index < -0.39 is 11.9 Å². The fourth-order valence-corrected chi connectivity index (χ4v) is 4.27. The first-order valence-electron chi connectivity index (χ1n) is 8.38. The van der Waals surface area contributed by atoms with Crippen molar-refractivity contribution < 1.29 is 19.8 Å². The molecule has 27 heavy (non-hydrogen) atoms. The molecule has 0 bridgehead atoms. The number of hydrogen-bond donors (Lipinski definition) is 3. The van der Waals surface area contributed by atoms with Crippen molar-refractivity contribution >= 4 is 60.7 Å². The maximum absolute atomic E-state index is 12.1. The molecule has 0 aromatic heterocycles. The largest absolute Gasteiger partial charge is 0.478 e. The summed E-state index contributed by atoms with van der Waals surface area (Å²) in [6.45, 7) is 0. The van der Waals surface area contributed by atoms with E-state index >= 15 is 0 Å². The lowest BCUT2D eigenvalue weighted by Crippen LogP contribution is -2.13. The van der Waals surface area contributed by atoms with Crippen molar-refractivity contribution in [2.45, 2.75) is 0 Å². The number of nitrogen functional groups attached to an aromatic ring is 1. The first kappa shape index (κ1) is 15.4. The highest BCUT2D eigenvalue weighted by Crippen LogP contribution is 2.44. The number of hydrogen-bond acceptors (Lipinski definition) is 3. The van der Waals surface area contributed by atoms with Crippen LogP contribution < -0.4 is 5.73 Å². The molecule has 0 aliphatic carbocycles. The molecule has 4 N–H and O–H groups in total. The summed E-state index contributed by atoms with van der Waals surface area (Å²) in [6.07, 6.45) is 0. The van der Waals surface area contributed by atoms with Crippen LogP contribution in [0.25, 0.3) is 43.1 Å². The van der Waals surface area contributed by atoms with E-state index in [2.05, 4.69) is 0 Å². The summed E-state index contributed by atoms with van der Waals surface area (Å²) in [5, 5.41) is 25.7. The second-order valence-corrected chi connectivity index (χ2v) is 6.59. The van der Waals surface area contributed by atoms with Gasteiger partial charge in [-0.2, -0.15) is 0 Å². The molecule has 5 nitrogen and oxygen atoms in total. The molecule has 0 unspecified atom stereocenters. The van der Waals surface area contributed by atoms with Crippen LogP contribution >= 0.6 is 0 Å². The Morgan fingerprint density at radius 2 is 1.15 bits per heavy atom. The third-order valence-corrected chi connectivity index (χ3v) is 5.27. The zero-order valence-electron chi connectivity index (χ0n) is 14.0. The minimum Gasteiger partial charge on any atom is -0.478 e. The van der Waals surface area contributed by atoms with E-state index in [-0.39, 0.29) is 16.8 Å². The summed E-state index contributed by atoms with van der Waals surface area (Å²) in [5.41, 5.74) is 5.50. The quantitative estimate of drug-likeness (QED) is 0.242. The molecular formula is C22H13NO4. The van der Waals surface area contributed by atoms with E-state index in [4.69, 9.17) is 5.73 Å². The average molecular weight is 355 g/mol. The van der Waals surface area contributed by atoms with E-state index in [1.54, 1.807) is 6.07 Å². The van der Waals surface area contributed by atoms with Crippen LogP contribution in [-0.2, 0) is 0 Å². The Labute approximate surface area is 152 Å². The molecule has 0 saturated carbocycles. The molecule has 0 radical (unpaired) electrons. The molecule has 0 aliphatic heterocycles. The van der Waals surface area contributed by atoms with Gasteiger partial charge in [0.2, 0.25) is 0 Å². The van der Waals surface area contributed by atoms with E-state index in [1.165, 1.54) is 0 Å². The second kappa shape index (κ2) is 5.08. The normalized spacial score (nSPS) is 11.7. The molecule has 0 fully saturated rings. The van der Waals surface area contributed by atoms with Gasteiger partial charge in [0.05, 0.1) is 16.8 Å². The Hall–Kier alpha value is -3.86. The van der Waals surface area contributed by atoms with Gasteiger partial charge in [0, 0.05) is 16.2 Å². The van der Waals surface area contributed by atoms with Gasteiger partial charge in [0.25, 0.3) is 0 Å². The summed E-state index contributed by atoms with van der Waals surface area (Å²) in [7, 11) is 0. The molecule has 0 amide bonds. The van der Waals surface area contributed by atoms with Crippen LogP contribution in [0.15, 0.2) is 54.6 Å². The van der Waals surface area contributed by atoms with Crippen LogP contribution in [0.5, 0.6) is 0 Å². The van der Waals surface area contributed by atoms with E-state index in [0.29, 0.717) is 21.5 Å². The molecule has 5 heteroatoms. The summed E-state index contributed by atoms with van der Waals surface area (Å²) < 4.78 is 0. The lowest BCUT2D eigenvalue weighted by Gasteiger charge is -2.19. The van der Waals surface area contributed by atoms with Crippen molar-refractivity contribution in [2.24, 2.45) is 0 Å². The number of anilines is 1. The molecule has 0 spiro atoms. The summed E-state index contributed by atoms with van der Waals surface area (Å²) >= 11 is 0. The van der Waals surface area contributed by atoms with Crippen LogP contribution in [0.2, 0.25) is 0 Å². The van der Waals surface area contributed by atoms with Gasteiger partial charge in [0.1, 0.15) is 0 Å². The monoisotopic (exact) mass is 355 g/mol. The number of carbonyl (C=O) groups is 2. The Kier molecular flexibility index (Phi) is 2.90. The predicted octanol–water partition coefficient (Wildman–Crippen LogP) is 4.72. The highest BCUT2D eigenvalue weighted by atomic mass is 16.4. The van der Waals surface area contributed by atoms with Crippen LogP contribution in [0, 0.1) is 0 Å². The van der Waals surface area contributed by atoms with E-state index in [1.807, 2.05) is 48.5 Å². The molecule has 5 rings (SSSR count). The van der Waals surface area contributed by atoms with Gasteiger partial charge < -0.3 is 15.9 Å². The average Bonchev–Trinajstić information content (AvgIpc) is 2.66. The number of aromatic carboxylic acids is 2. The maximum Gasteiger partial charge on any atom is 0.338 e. The van der Waals surface area contributed by atoms with Crippen LogP contribution in [0.4, 0.5) is 5.69 Å². The van der Waals surface area contributed by atoms with Crippen LogP contribution in [0.1, 0.15) is 20.7 Å². The standard InChI is InChI=1S/C22H13NO4/c23-20-14-9-3-7-12-11-6-1-4-10-5-2-8-13(15(10)11)17(16(12)14)18(21(24)25)19(20)22(26)27/h1-9H,23H2,(H,24,25)(H,26,27). The Morgan fingerprint density at radius 1 is 0.630 bits per heavy atom. The van der Waals surface area contributed by atoms with Crippen LogP contribution in [0.3, 0.4) is 0 Å². The van der Waals surface area contributed by atoms with Gasteiger partial charge in [-0.05, 0) is 26.9 Å². The number of fused-ring (bicyclic) bond motifs is 2. The fourth-order valence-electron chi connectivity index (χ4n) is 4.27. The zero-order valence-corrected chi connectivity index (χ0v) is 14.0. The van der Waals surface area contributed by atoms with Gasteiger partial charge >= 0.3 is 11.9 Å². The van der Waals surface area contributed by atoms with Crippen molar-refractivity contribution in [3.63, 3.8) is 0 Å². The van der Waals surface area contributed by atoms with Crippen molar-refractivity contribution in [1.82, 2.24) is 0 Å². The first-order chi connectivity index (χ1) is 13.0. The highest BCUT2D eigenvalue weighted by Gasteiger charge is 2.27. The van der Waals surface area contributed by atoms with Gasteiger partial charge in [-0.15, -0.1) is 0 Å². The summed E-state index contributed by atoms with van der Waals surface area (Å²) in [6, 6.07) is 17.0. The Balaban J connectivity index is 2.29. The topological polar surface area (TPSA) is 101 Å². The SMILES string of the molecule is Nc1c(C(=O)O)c(C(=O)O)c2c3cccc4cccc(c5cccc1c52)c43. The van der Waals surface area contributed by atoms with E-state index in [9.17, 15) is 19.8 Å². The van der Waals surface area contributed by atoms with Crippen LogP contribution in [-0.4, -0.2) is 22.2 Å². The highest BCUT2D eigenvalue weighted by molar-refractivity contribution is 6.38. The Morgan fingerprint density at radius 3 is 1.78 bits per heavy atom. The number of carboxylic acid groups (broad SMARTS) is 2. The smallest absolute Gasteiger partial charge is 0.338 e. The molecule has 5 aromatic rings. The van der Waals surface area contributed by atoms with Crippen molar-refractivity contribution in [3.05, 3.63) is 65.7 Å². The zero-order chi connectivity index (χ0) is 18.9. The molecule has 5 aromatic carbocycles. The molecule has 0 aliphatic rings. The Bertz CT molecular complexity index is 1430. The summed E-state index contributed by atoms with van der Waals surface area (Å²) in [5.74, 6) is -2.65. The maximum atomic E-state index is 12.1. The molecule has 0 saturated heterocycles. The number of benzene rings is 5. The van der Waals surface area contributed by atoms with Crippen molar-refractivity contribution in [3.8, 4) is 0 Å². The van der Waals surface area contributed by atoms with Gasteiger partial charge in [-0.25, -0.2) is 9.59 Å². The van der Waals surface area contributed by atoms with Gasteiger partial charge in [0.15, 0.2) is 0 Å². The lowest BCUT2D eigenvalue weighted by atomic mass is 9.85. The van der Waals surface area contributed by atoms with Crippen molar-refractivity contribution in [1.29, 1.82) is 0 Å². The molecule has 0 atom stereocenters. The predicted molar refractivity (Wildman–Crippen MR) is 106 cm³/mol. The minimum atomic E-state index is -1.35. The third-order valence-electron chi connectivity index (χ3n) is 5.27. The molecule has 130 valence electrons. The van der Waals surface area contributed by atoms with Gasteiger partial charge in [-0.3, -0.25) is 0 Å². The third kappa shape index (κ3) is 1.83. The van der Waals surface area contributed by atoms with E-state index in [0.717, 1.165) is 21.5 Å². The first-order valence-corrected chi connectivity index (χ1v) is 8.38. The fraction of sp³-hybridized carbons (Fsp3) is 0. The number of carboxylic acids is 2. The second-order valence-electron chi connectivity index (χ2n) is 6.59.